The maximum Gasteiger partial charge on any atom is 0.211 e. The fourth-order valence-corrected chi connectivity index (χ4v) is 3.23. The number of hydrogen-bond donors (Lipinski definition) is 1. The summed E-state index contributed by atoms with van der Waals surface area (Å²) in [5.41, 5.74) is 2.43. The molecule has 0 atom stereocenters. The van der Waals surface area contributed by atoms with Gasteiger partial charge in [-0.05, 0) is 36.8 Å². The van der Waals surface area contributed by atoms with Crippen molar-refractivity contribution in [2.75, 3.05) is 5.75 Å². The van der Waals surface area contributed by atoms with Gasteiger partial charge >= 0.3 is 0 Å². The van der Waals surface area contributed by atoms with E-state index in [0.717, 1.165) is 5.56 Å². The first kappa shape index (κ1) is 14.5. The van der Waals surface area contributed by atoms with Gasteiger partial charge in [-0.2, -0.15) is 0 Å². The van der Waals surface area contributed by atoms with Gasteiger partial charge in [0.2, 0.25) is 10.0 Å². The summed E-state index contributed by atoms with van der Waals surface area (Å²) in [7, 11) is -3.10. The lowest BCUT2D eigenvalue weighted by atomic mass is 9.84. The van der Waals surface area contributed by atoms with Crippen molar-refractivity contribution in [1.82, 2.24) is 4.72 Å². The summed E-state index contributed by atoms with van der Waals surface area (Å²) < 4.78 is 25.3. The standard InChI is InChI=1S/C15H23NO2S/c1-2-19(17,18)16-12-13-8-10-15(11-9-13)14-6-4-3-5-7-14/h8-11,14,16H,2-7,12H2,1H3. The van der Waals surface area contributed by atoms with Crippen LogP contribution in [0.5, 0.6) is 0 Å². The Morgan fingerprint density at radius 1 is 1.11 bits per heavy atom. The van der Waals surface area contributed by atoms with Crippen LogP contribution in [0.4, 0.5) is 0 Å². The Bertz CT molecular complexity index is 487. The molecule has 19 heavy (non-hydrogen) atoms. The van der Waals surface area contributed by atoms with Crippen molar-refractivity contribution in [3.05, 3.63) is 35.4 Å². The molecule has 1 saturated carbocycles. The Kier molecular flexibility index (Phi) is 4.99. The summed E-state index contributed by atoms with van der Waals surface area (Å²) in [4.78, 5) is 0. The summed E-state index contributed by atoms with van der Waals surface area (Å²) >= 11 is 0. The molecular weight excluding hydrogens is 258 g/mol. The highest BCUT2D eigenvalue weighted by Gasteiger charge is 2.15. The smallest absolute Gasteiger partial charge is 0.211 e. The monoisotopic (exact) mass is 281 g/mol. The van der Waals surface area contributed by atoms with Gasteiger partial charge in [-0.1, -0.05) is 43.5 Å². The van der Waals surface area contributed by atoms with Crippen LogP contribution in [-0.2, 0) is 16.6 Å². The molecule has 4 heteroatoms. The zero-order valence-corrected chi connectivity index (χ0v) is 12.4. The first-order valence-corrected chi connectivity index (χ1v) is 8.82. The lowest BCUT2D eigenvalue weighted by Crippen LogP contribution is -2.24. The zero-order chi connectivity index (χ0) is 13.7. The lowest BCUT2D eigenvalue weighted by molar-refractivity contribution is 0.443. The Hall–Kier alpha value is -0.870. The van der Waals surface area contributed by atoms with E-state index in [1.54, 1.807) is 6.92 Å². The molecule has 0 radical (unpaired) electrons. The van der Waals surface area contributed by atoms with Gasteiger partial charge in [0, 0.05) is 6.54 Å². The Balaban J connectivity index is 1.94. The average molecular weight is 281 g/mol. The first-order chi connectivity index (χ1) is 9.11. The minimum Gasteiger partial charge on any atom is -0.212 e. The SMILES string of the molecule is CCS(=O)(=O)NCc1ccc(C2CCCCC2)cc1. The van der Waals surface area contributed by atoms with Crippen LogP contribution >= 0.6 is 0 Å². The Labute approximate surface area is 116 Å². The fourth-order valence-electron chi connectivity index (χ4n) is 2.64. The third kappa shape index (κ3) is 4.32. The normalized spacial score (nSPS) is 17.5. The van der Waals surface area contributed by atoms with Gasteiger partial charge in [-0.25, -0.2) is 13.1 Å². The topological polar surface area (TPSA) is 46.2 Å². The maximum absolute atomic E-state index is 11.4. The molecule has 0 bridgehead atoms. The molecule has 1 aliphatic rings. The van der Waals surface area contributed by atoms with E-state index in [-0.39, 0.29) is 5.75 Å². The van der Waals surface area contributed by atoms with Gasteiger partial charge in [0.15, 0.2) is 0 Å². The Morgan fingerprint density at radius 2 is 1.74 bits per heavy atom. The van der Waals surface area contributed by atoms with Crippen LogP contribution in [0.3, 0.4) is 0 Å². The number of sulfonamides is 1. The molecule has 1 N–H and O–H groups in total. The summed E-state index contributed by atoms with van der Waals surface area (Å²) in [6.07, 6.45) is 6.63. The highest BCUT2D eigenvalue weighted by molar-refractivity contribution is 7.89. The van der Waals surface area contributed by atoms with Crippen LogP contribution in [0, 0.1) is 0 Å². The van der Waals surface area contributed by atoms with E-state index in [0.29, 0.717) is 12.5 Å². The van der Waals surface area contributed by atoms with Crippen molar-refractivity contribution in [1.29, 1.82) is 0 Å². The van der Waals surface area contributed by atoms with Crippen molar-refractivity contribution in [3.8, 4) is 0 Å². The minimum atomic E-state index is -3.10. The molecular formula is C15H23NO2S. The molecule has 1 fully saturated rings. The highest BCUT2D eigenvalue weighted by atomic mass is 32.2. The number of rotatable bonds is 5. The molecule has 0 aromatic heterocycles. The predicted octanol–water partition coefficient (Wildman–Crippen LogP) is 3.17. The van der Waals surface area contributed by atoms with Gasteiger partial charge in [0.25, 0.3) is 0 Å². The second-order valence-electron chi connectivity index (χ2n) is 5.30. The quantitative estimate of drug-likeness (QED) is 0.901. The molecule has 0 unspecified atom stereocenters. The van der Waals surface area contributed by atoms with E-state index in [1.165, 1.54) is 37.7 Å². The molecule has 1 aliphatic carbocycles. The van der Waals surface area contributed by atoms with Crippen LogP contribution < -0.4 is 4.72 Å². The summed E-state index contributed by atoms with van der Waals surface area (Å²) in [5.74, 6) is 0.836. The van der Waals surface area contributed by atoms with Gasteiger partial charge in [-0.15, -0.1) is 0 Å². The minimum absolute atomic E-state index is 0.132. The second-order valence-corrected chi connectivity index (χ2v) is 7.40. The predicted molar refractivity (Wildman–Crippen MR) is 78.6 cm³/mol. The molecule has 3 nitrogen and oxygen atoms in total. The van der Waals surface area contributed by atoms with Crippen LogP contribution in [0.25, 0.3) is 0 Å². The maximum atomic E-state index is 11.4. The van der Waals surface area contributed by atoms with E-state index in [9.17, 15) is 8.42 Å². The van der Waals surface area contributed by atoms with Gasteiger partial charge in [-0.3, -0.25) is 0 Å². The first-order valence-electron chi connectivity index (χ1n) is 7.17. The van der Waals surface area contributed by atoms with Crippen molar-refractivity contribution < 1.29 is 8.42 Å². The summed E-state index contributed by atoms with van der Waals surface area (Å²) in [5, 5.41) is 0. The molecule has 0 saturated heterocycles. The third-order valence-electron chi connectivity index (χ3n) is 3.93. The van der Waals surface area contributed by atoms with Crippen molar-refractivity contribution >= 4 is 10.0 Å². The Morgan fingerprint density at radius 3 is 2.32 bits per heavy atom. The molecule has 2 rings (SSSR count). The van der Waals surface area contributed by atoms with Gasteiger partial charge < -0.3 is 0 Å². The van der Waals surface area contributed by atoms with Crippen molar-refractivity contribution in [3.63, 3.8) is 0 Å². The van der Waals surface area contributed by atoms with E-state index < -0.39 is 10.0 Å². The number of hydrogen-bond acceptors (Lipinski definition) is 2. The van der Waals surface area contributed by atoms with Gasteiger partial charge in [0.05, 0.1) is 5.75 Å². The second kappa shape index (κ2) is 6.53. The van der Waals surface area contributed by atoms with E-state index in [4.69, 9.17) is 0 Å². The average Bonchev–Trinajstić information content (AvgIpc) is 2.47. The molecule has 0 aliphatic heterocycles. The third-order valence-corrected chi connectivity index (χ3v) is 5.28. The molecule has 1 aromatic rings. The fraction of sp³-hybridized carbons (Fsp3) is 0.600. The van der Waals surface area contributed by atoms with Crippen LogP contribution in [0.1, 0.15) is 56.1 Å². The van der Waals surface area contributed by atoms with Crippen LogP contribution in [0.15, 0.2) is 24.3 Å². The largest absolute Gasteiger partial charge is 0.212 e. The molecule has 106 valence electrons. The molecule has 0 heterocycles. The number of nitrogens with one attached hydrogen (secondary N) is 1. The zero-order valence-electron chi connectivity index (χ0n) is 11.6. The molecule has 1 aromatic carbocycles. The molecule has 0 spiro atoms. The lowest BCUT2D eigenvalue weighted by Gasteiger charge is -2.22. The van der Waals surface area contributed by atoms with Crippen LogP contribution in [-0.4, -0.2) is 14.2 Å². The van der Waals surface area contributed by atoms with Gasteiger partial charge in [0.1, 0.15) is 0 Å². The van der Waals surface area contributed by atoms with Crippen molar-refractivity contribution in [2.24, 2.45) is 0 Å². The van der Waals surface area contributed by atoms with E-state index in [1.807, 2.05) is 12.1 Å². The number of benzene rings is 1. The summed E-state index contributed by atoms with van der Waals surface area (Å²) in [6.45, 7) is 2.04. The van der Waals surface area contributed by atoms with Crippen molar-refractivity contribution in [2.45, 2.75) is 51.5 Å². The summed E-state index contributed by atoms with van der Waals surface area (Å²) in [6, 6.07) is 8.40. The van der Waals surface area contributed by atoms with E-state index in [2.05, 4.69) is 16.9 Å². The molecule has 0 amide bonds. The van der Waals surface area contributed by atoms with E-state index >= 15 is 0 Å². The highest BCUT2D eigenvalue weighted by Crippen LogP contribution is 2.32. The van der Waals surface area contributed by atoms with Crippen LogP contribution in [0.2, 0.25) is 0 Å².